The number of aromatic nitrogens is 2. The molecule has 1 aliphatic rings. The van der Waals surface area contributed by atoms with Gasteiger partial charge in [-0.3, -0.25) is 0 Å². The summed E-state index contributed by atoms with van der Waals surface area (Å²) in [6, 6.07) is 0. The SMILES string of the molecule is Cc1oc2ncnc(NCC3(O)CCC3)c2c1C. The molecular weight excluding hydrogens is 230 g/mol. The van der Waals surface area contributed by atoms with Gasteiger partial charge in [0.25, 0.3) is 0 Å². The second-order valence-electron chi connectivity index (χ2n) is 5.12. The van der Waals surface area contributed by atoms with E-state index in [9.17, 15) is 5.11 Å². The number of aryl methyl sites for hydroxylation is 2. The first-order valence-corrected chi connectivity index (χ1v) is 6.26. The summed E-state index contributed by atoms with van der Waals surface area (Å²) in [6.45, 7) is 4.44. The Morgan fingerprint density at radius 3 is 2.83 bits per heavy atom. The van der Waals surface area contributed by atoms with Gasteiger partial charge in [-0.2, -0.15) is 0 Å². The zero-order valence-electron chi connectivity index (χ0n) is 10.7. The van der Waals surface area contributed by atoms with Gasteiger partial charge in [-0.05, 0) is 33.1 Å². The Morgan fingerprint density at radius 1 is 1.39 bits per heavy atom. The van der Waals surface area contributed by atoms with Gasteiger partial charge in [0.1, 0.15) is 17.9 Å². The molecule has 1 saturated carbocycles. The van der Waals surface area contributed by atoms with E-state index >= 15 is 0 Å². The summed E-state index contributed by atoms with van der Waals surface area (Å²) in [6.07, 6.45) is 4.30. The van der Waals surface area contributed by atoms with Crippen molar-refractivity contribution in [1.82, 2.24) is 9.97 Å². The normalized spacial score (nSPS) is 17.7. The Kier molecular flexibility index (Phi) is 2.52. The highest BCUT2D eigenvalue weighted by Crippen LogP contribution is 2.33. The Balaban J connectivity index is 1.91. The minimum absolute atomic E-state index is 0.531. The molecule has 0 amide bonds. The second kappa shape index (κ2) is 3.95. The van der Waals surface area contributed by atoms with E-state index in [0.29, 0.717) is 12.3 Å². The van der Waals surface area contributed by atoms with Gasteiger partial charge in [0.2, 0.25) is 5.71 Å². The van der Waals surface area contributed by atoms with Crippen LogP contribution >= 0.6 is 0 Å². The number of furan rings is 1. The third kappa shape index (κ3) is 1.75. The van der Waals surface area contributed by atoms with Gasteiger partial charge in [-0.15, -0.1) is 0 Å². The minimum atomic E-state index is -0.566. The molecule has 0 aromatic carbocycles. The number of hydrogen-bond acceptors (Lipinski definition) is 5. The third-order valence-corrected chi connectivity index (χ3v) is 3.83. The number of aliphatic hydroxyl groups is 1. The van der Waals surface area contributed by atoms with Gasteiger partial charge in [0, 0.05) is 12.1 Å². The molecule has 0 radical (unpaired) electrons. The van der Waals surface area contributed by atoms with Gasteiger partial charge in [0.05, 0.1) is 11.0 Å². The fraction of sp³-hybridized carbons (Fsp3) is 0.538. The highest BCUT2D eigenvalue weighted by Gasteiger charge is 2.34. The summed E-state index contributed by atoms with van der Waals surface area (Å²) in [7, 11) is 0. The number of nitrogens with zero attached hydrogens (tertiary/aromatic N) is 2. The molecule has 5 heteroatoms. The number of fused-ring (bicyclic) bond motifs is 1. The summed E-state index contributed by atoms with van der Waals surface area (Å²) >= 11 is 0. The maximum Gasteiger partial charge on any atom is 0.231 e. The molecule has 0 atom stereocenters. The van der Waals surface area contributed by atoms with Crippen molar-refractivity contribution in [2.24, 2.45) is 0 Å². The minimum Gasteiger partial charge on any atom is -0.443 e. The number of nitrogens with one attached hydrogen (secondary N) is 1. The largest absolute Gasteiger partial charge is 0.443 e. The van der Waals surface area contributed by atoms with E-state index in [2.05, 4.69) is 15.3 Å². The monoisotopic (exact) mass is 247 g/mol. The maximum atomic E-state index is 10.1. The molecule has 2 N–H and O–H groups in total. The predicted molar refractivity (Wildman–Crippen MR) is 68.6 cm³/mol. The van der Waals surface area contributed by atoms with Crippen molar-refractivity contribution in [3.63, 3.8) is 0 Å². The van der Waals surface area contributed by atoms with Crippen LogP contribution < -0.4 is 5.32 Å². The first-order chi connectivity index (χ1) is 8.59. The van der Waals surface area contributed by atoms with Crippen molar-refractivity contribution in [3.05, 3.63) is 17.7 Å². The van der Waals surface area contributed by atoms with Gasteiger partial charge < -0.3 is 14.8 Å². The van der Waals surface area contributed by atoms with Crippen molar-refractivity contribution in [2.45, 2.75) is 38.7 Å². The molecule has 1 aliphatic carbocycles. The van der Waals surface area contributed by atoms with Crippen molar-refractivity contribution in [1.29, 1.82) is 0 Å². The van der Waals surface area contributed by atoms with Crippen LogP contribution in [0.4, 0.5) is 5.82 Å². The highest BCUT2D eigenvalue weighted by molar-refractivity contribution is 5.89. The van der Waals surface area contributed by atoms with E-state index < -0.39 is 5.60 Å². The first kappa shape index (κ1) is 11.5. The molecule has 3 rings (SSSR count). The van der Waals surface area contributed by atoms with Crippen LogP contribution in [0.15, 0.2) is 10.7 Å². The average Bonchev–Trinajstić information content (AvgIpc) is 2.61. The molecule has 2 aromatic heterocycles. The molecule has 0 bridgehead atoms. The van der Waals surface area contributed by atoms with Gasteiger partial charge in [0.15, 0.2) is 0 Å². The quantitative estimate of drug-likeness (QED) is 0.869. The molecule has 5 nitrogen and oxygen atoms in total. The Bertz CT molecular complexity index is 587. The molecule has 1 fully saturated rings. The van der Waals surface area contributed by atoms with Crippen LogP contribution in [0.3, 0.4) is 0 Å². The van der Waals surface area contributed by atoms with Crippen LogP contribution in [0.25, 0.3) is 11.1 Å². The van der Waals surface area contributed by atoms with E-state index in [1.54, 1.807) is 0 Å². The Labute approximate surface area is 105 Å². The van der Waals surface area contributed by atoms with E-state index in [-0.39, 0.29) is 0 Å². The summed E-state index contributed by atoms with van der Waals surface area (Å²) in [5.74, 6) is 1.60. The Hall–Kier alpha value is -1.62. The van der Waals surface area contributed by atoms with Gasteiger partial charge >= 0.3 is 0 Å². The smallest absolute Gasteiger partial charge is 0.231 e. The van der Waals surface area contributed by atoms with E-state index in [0.717, 1.165) is 41.8 Å². The fourth-order valence-corrected chi connectivity index (χ4v) is 2.33. The molecule has 2 heterocycles. The topological polar surface area (TPSA) is 71.2 Å². The zero-order valence-corrected chi connectivity index (χ0v) is 10.7. The number of anilines is 1. The van der Waals surface area contributed by atoms with Crippen LogP contribution in [0.1, 0.15) is 30.6 Å². The number of rotatable bonds is 3. The van der Waals surface area contributed by atoms with Crippen LogP contribution in [0.5, 0.6) is 0 Å². The third-order valence-electron chi connectivity index (χ3n) is 3.83. The first-order valence-electron chi connectivity index (χ1n) is 6.26. The summed E-state index contributed by atoms with van der Waals surface area (Å²) in [4.78, 5) is 8.37. The lowest BCUT2D eigenvalue weighted by atomic mass is 9.80. The molecular formula is C13H17N3O2. The molecule has 96 valence electrons. The van der Waals surface area contributed by atoms with Gasteiger partial charge in [-0.1, -0.05) is 0 Å². The molecule has 0 spiro atoms. The lowest BCUT2D eigenvalue weighted by Crippen LogP contribution is -2.43. The lowest BCUT2D eigenvalue weighted by Gasteiger charge is -2.36. The van der Waals surface area contributed by atoms with Crippen LogP contribution in [0.2, 0.25) is 0 Å². The van der Waals surface area contributed by atoms with Crippen molar-refractivity contribution in [3.8, 4) is 0 Å². The van der Waals surface area contributed by atoms with Crippen LogP contribution in [-0.2, 0) is 0 Å². The lowest BCUT2D eigenvalue weighted by molar-refractivity contribution is -0.0202. The van der Waals surface area contributed by atoms with Crippen molar-refractivity contribution >= 4 is 16.9 Å². The maximum absolute atomic E-state index is 10.1. The molecule has 0 aliphatic heterocycles. The molecule has 2 aromatic rings. The van der Waals surface area contributed by atoms with E-state index in [1.165, 1.54) is 6.33 Å². The van der Waals surface area contributed by atoms with Crippen molar-refractivity contribution in [2.75, 3.05) is 11.9 Å². The number of hydrogen-bond donors (Lipinski definition) is 2. The van der Waals surface area contributed by atoms with Crippen LogP contribution in [0, 0.1) is 13.8 Å². The average molecular weight is 247 g/mol. The summed E-state index contributed by atoms with van der Waals surface area (Å²) in [5.41, 5.74) is 1.08. The predicted octanol–water partition coefficient (Wildman–Crippen LogP) is 2.17. The Morgan fingerprint density at radius 2 is 2.17 bits per heavy atom. The van der Waals surface area contributed by atoms with Gasteiger partial charge in [-0.25, -0.2) is 9.97 Å². The highest BCUT2D eigenvalue weighted by atomic mass is 16.3. The zero-order chi connectivity index (χ0) is 12.8. The molecule has 18 heavy (non-hydrogen) atoms. The second-order valence-corrected chi connectivity index (χ2v) is 5.12. The van der Waals surface area contributed by atoms with E-state index in [4.69, 9.17) is 4.42 Å². The van der Waals surface area contributed by atoms with E-state index in [1.807, 2.05) is 13.8 Å². The standard InChI is InChI=1S/C13H17N3O2/c1-8-9(2)18-12-10(8)11(15-7-16-12)14-6-13(17)4-3-5-13/h7,17H,3-6H2,1-2H3,(H,14,15,16). The molecule has 0 saturated heterocycles. The fourth-order valence-electron chi connectivity index (χ4n) is 2.33. The molecule has 0 unspecified atom stereocenters. The summed E-state index contributed by atoms with van der Waals surface area (Å²) < 4.78 is 5.56. The van der Waals surface area contributed by atoms with Crippen LogP contribution in [-0.4, -0.2) is 27.2 Å². The van der Waals surface area contributed by atoms with Crippen molar-refractivity contribution < 1.29 is 9.52 Å². The summed E-state index contributed by atoms with van der Waals surface area (Å²) in [5, 5.41) is 14.2.